The zero-order valence-electron chi connectivity index (χ0n) is 14.4. The monoisotopic (exact) mass is 517 g/mol. The van der Waals surface area contributed by atoms with Crippen LogP contribution >= 0.6 is 43.2 Å². The van der Waals surface area contributed by atoms with E-state index < -0.39 is 0 Å². The largest absolute Gasteiger partial charge is 0.480 e. The van der Waals surface area contributed by atoms with E-state index in [1.54, 1.807) is 6.20 Å². The standard InChI is InChI=1S/C20H13Br2N3O2S/c21-14-9-15(22)19(18-13(14)7-4-8-23-18)27-10-17(26)25-20-24-16(11-28-20)12-5-2-1-3-6-12/h1-9,11H,10H2,(H,24,25,26). The first kappa shape index (κ1) is 19.0. The molecule has 2 heterocycles. The van der Waals surface area contributed by atoms with Crippen molar-refractivity contribution in [1.29, 1.82) is 0 Å². The number of aromatic nitrogens is 2. The zero-order chi connectivity index (χ0) is 19.5. The number of benzene rings is 2. The fourth-order valence-electron chi connectivity index (χ4n) is 2.65. The zero-order valence-corrected chi connectivity index (χ0v) is 18.3. The summed E-state index contributed by atoms with van der Waals surface area (Å²) >= 11 is 8.37. The lowest BCUT2D eigenvalue weighted by Gasteiger charge is -2.11. The summed E-state index contributed by atoms with van der Waals surface area (Å²) in [6.45, 7) is -0.147. The van der Waals surface area contributed by atoms with Crippen LogP contribution in [0.2, 0.25) is 0 Å². The Labute approximate surface area is 182 Å². The number of fused-ring (bicyclic) bond motifs is 1. The molecule has 1 amide bonds. The second kappa shape index (κ2) is 8.38. The molecular formula is C20H13Br2N3O2S. The van der Waals surface area contributed by atoms with Crippen molar-refractivity contribution in [3.8, 4) is 17.0 Å². The number of anilines is 1. The molecule has 140 valence electrons. The molecule has 0 saturated carbocycles. The number of carbonyl (C=O) groups excluding carboxylic acids is 1. The number of pyridine rings is 1. The Morgan fingerprint density at radius 3 is 2.75 bits per heavy atom. The fourth-order valence-corrected chi connectivity index (χ4v) is 4.77. The molecule has 0 atom stereocenters. The van der Waals surface area contributed by atoms with Crippen LogP contribution in [0.25, 0.3) is 22.2 Å². The molecule has 28 heavy (non-hydrogen) atoms. The maximum absolute atomic E-state index is 12.3. The third-order valence-corrected chi connectivity index (χ3v) is 5.92. The molecule has 0 radical (unpaired) electrons. The summed E-state index contributed by atoms with van der Waals surface area (Å²) in [7, 11) is 0. The number of amides is 1. The van der Waals surface area contributed by atoms with Crippen LogP contribution in [0.5, 0.6) is 5.75 Å². The number of ether oxygens (including phenoxy) is 1. The summed E-state index contributed by atoms with van der Waals surface area (Å²) in [4.78, 5) is 21.2. The van der Waals surface area contributed by atoms with Crippen molar-refractivity contribution in [2.24, 2.45) is 0 Å². The van der Waals surface area contributed by atoms with E-state index in [9.17, 15) is 4.79 Å². The molecule has 8 heteroatoms. The van der Waals surface area contributed by atoms with Crippen LogP contribution in [0.3, 0.4) is 0 Å². The molecule has 0 unspecified atom stereocenters. The maximum Gasteiger partial charge on any atom is 0.264 e. The molecule has 4 aromatic rings. The van der Waals surface area contributed by atoms with Crippen molar-refractivity contribution >= 4 is 65.1 Å². The number of hydrogen-bond donors (Lipinski definition) is 1. The average molecular weight is 519 g/mol. The van der Waals surface area contributed by atoms with E-state index in [1.165, 1.54) is 11.3 Å². The normalized spacial score (nSPS) is 10.8. The molecule has 2 aromatic carbocycles. The van der Waals surface area contributed by atoms with Crippen LogP contribution in [0.1, 0.15) is 0 Å². The molecule has 0 spiro atoms. The van der Waals surface area contributed by atoms with E-state index in [1.807, 2.05) is 53.9 Å². The van der Waals surface area contributed by atoms with Gasteiger partial charge in [0.2, 0.25) is 0 Å². The predicted molar refractivity (Wildman–Crippen MR) is 119 cm³/mol. The van der Waals surface area contributed by atoms with Crippen molar-refractivity contribution < 1.29 is 9.53 Å². The highest BCUT2D eigenvalue weighted by atomic mass is 79.9. The van der Waals surface area contributed by atoms with E-state index in [4.69, 9.17) is 4.74 Å². The molecule has 0 aliphatic rings. The molecule has 1 N–H and O–H groups in total. The third kappa shape index (κ3) is 4.09. The molecule has 0 aliphatic heterocycles. The highest BCUT2D eigenvalue weighted by molar-refractivity contribution is 9.11. The summed E-state index contributed by atoms with van der Waals surface area (Å²) in [6, 6.07) is 15.5. The van der Waals surface area contributed by atoms with Gasteiger partial charge in [-0.3, -0.25) is 15.1 Å². The topological polar surface area (TPSA) is 64.1 Å². The van der Waals surface area contributed by atoms with Crippen LogP contribution in [0, 0.1) is 0 Å². The molecule has 2 aromatic heterocycles. The minimum absolute atomic E-state index is 0.147. The van der Waals surface area contributed by atoms with E-state index in [2.05, 4.69) is 47.1 Å². The Bertz CT molecular complexity index is 1150. The molecule has 5 nitrogen and oxygen atoms in total. The second-order valence-corrected chi connectivity index (χ2v) is 8.38. The van der Waals surface area contributed by atoms with Gasteiger partial charge in [0.25, 0.3) is 5.91 Å². The number of hydrogen-bond acceptors (Lipinski definition) is 5. The predicted octanol–water partition coefficient (Wildman–Crippen LogP) is 5.90. The van der Waals surface area contributed by atoms with Crippen LogP contribution in [-0.4, -0.2) is 22.5 Å². The number of thiazole rings is 1. The van der Waals surface area contributed by atoms with Crippen molar-refractivity contribution in [1.82, 2.24) is 9.97 Å². The lowest BCUT2D eigenvalue weighted by Crippen LogP contribution is -2.20. The Morgan fingerprint density at radius 2 is 1.93 bits per heavy atom. The Hall–Kier alpha value is -2.29. The summed E-state index contributed by atoms with van der Waals surface area (Å²) < 4.78 is 7.39. The van der Waals surface area contributed by atoms with Gasteiger partial charge in [-0.05, 0) is 28.1 Å². The first-order chi connectivity index (χ1) is 13.6. The van der Waals surface area contributed by atoms with Crippen LogP contribution in [-0.2, 0) is 4.79 Å². The molecule has 0 aliphatic carbocycles. The SMILES string of the molecule is O=C(COc1c(Br)cc(Br)c2cccnc12)Nc1nc(-c2ccccc2)cs1. The van der Waals surface area contributed by atoms with Gasteiger partial charge in [0, 0.05) is 27.0 Å². The Kier molecular flexibility index (Phi) is 5.70. The number of halogens is 2. The Morgan fingerprint density at radius 1 is 1.11 bits per heavy atom. The first-order valence-electron chi connectivity index (χ1n) is 8.28. The highest BCUT2D eigenvalue weighted by Crippen LogP contribution is 2.37. The summed E-state index contributed by atoms with van der Waals surface area (Å²) in [6.07, 6.45) is 1.69. The lowest BCUT2D eigenvalue weighted by atomic mass is 10.2. The second-order valence-electron chi connectivity index (χ2n) is 5.81. The summed E-state index contributed by atoms with van der Waals surface area (Å²) in [5.41, 5.74) is 2.51. The van der Waals surface area contributed by atoms with Crippen molar-refractivity contribution in [2.75, 3.05) is 11.9 Å². The van der Waals surface area contributed by atoms with Crippen molar-refractivity contribution in [3.63, 3.8) is 0 Å². The number of nitrogens with zero attached hydrogens (tertiary/aromatic N) is 2. The highest BCUT2D eigenvalue weighted by Gasteiger charge is 2.14. The number of rotatable bonds is 5. The van der Waals surface area contributed by atoms with Gasteiger partial charge in [-0.15, -0.1) is 11.3 Å². The van der Waals surface area contributed by atoms with E-state index in [0.717, 1.165) is 25.6 Å². The van der Waals surface area contributed by atoms with E-state index in [0.29, 0.717) is 16.4 Å². The van der Waals surface area contributed by atoms with E-state index in [-0.39, 0.29) is 12.5 Å². The van der Waals surface area contributed by atoms with Gasteiger partial charge in [0.1, 0.15) is 5.52 Å². The van der Waals surface area contributed by atoms with Gasteiger partial charge in [-0.1, -0.05) is 52.3 Å². The molecule has 4 rings (SSSR count). The summed E-state index contributed by atoms with van der Waals surface area (Å²) in [5.74, 6) is 0.242. The van der Waals surface area contributed by atoms with Gasteiger partial charge in [-0.25, -0.2) is 4.98 Å². The maximum atomic E-state index is 12.3. The van der Waals surface area contributed by atoms with Gasteiger partial charge >= 0.3 is 0 Å². The van der Waals surface area contributed by atoms with Crippen molar-refractivity contribution in [2.45, 2.75) is 0 Å². The van der Waals surface area contributed by atoms with Crippen LogP contribution in [0.15, 0.2) is 69.1 Å². The number of carbonyl (C=O) groups is 1. The molecular weight excluding hydrogens is 506 g/mol. The lowest BCUT2D eigenvalue weighted by molar-refractivity contribution is -0.118. The van der Waals surface area contributed by atoms with Crippen molar-refractivity contribution in [3.05, 3.63) is 69.1 Å². The van der Waals surface area contributed by atoms with Crippen LogP contribution < -0.4 is 10.1 Å². The molecule has 0 fully saturated rings. The third-order valence-electron chi connectivity index (χ3n) is 3.92. The quantitative estimate of drug-likeness (QED) is 0.357. The van der Waals surface area contributed by atoms with Gasteiger partial charge < -0.3 is 4.74 Å². The van der Waals surface area contributed by atoms with Gasteiger partial charge in [0.15, 0.2) is 17.5 Å². The van der Waals surface area contributed by atoms with Gasteiger partial charge in [0.05, 0.1) is 10.2 Å². The fraction of sp³-hybridized carbons (Fsp3) is 0.0500. The first-order valence-corrected chi connectivity index (χ1v) is 10.7. The molecule has 0 bridgehead atoms. The summed E-state index contributed by atoms with van der Waals surface area (Å²) in [5, 5.41) is 6.13. The average Bonchev–Trinajstić information content (AvgIpc) is 3.17. The minimum atomic E-state index is -0.284. The Balaban J connectivity index is 1.46. The van der Waals surface area contributed by atoms with Crippen LogP contribution in [0.4, 0.5) is 5.13 Å². The number of nitrogens with one attached hydrogen (secondary N) is 1. The van der Waals surface area contributed by atoms with E-state index >= 15 is 0 Å². The minimum Gasteiger partial charge on any atom is -0.480 e. The van der Waals surface area contributed by atoms with Gasteiger partial charge in [-0.2, -0.15) is 0 Å². The smallest absolute Gasteiger partial charge is 0.264 e. The molecule has 0 saturated heterocycles.